The van der Waals surface area contributed by atoms with Gasteiger partial charge in [-0.25, -0.2) is 4.79 Å². The van der Waals surface area contributed by atoms with Crippen LogP contribution < -0.4 is 9.64 Å². The summed E-state index contributed by atoms with van der Waals surface area (Å²) in [5.74, 6) is 0.299. The predicted octanol–water partition coefficient (Wildman–Crippen LogP) is 2.28. The number of rotatable bonds is 6. The number of hydrogen-bond acceptors (Lipinski definition) is 4. The number of anilines is 1. The molecule has 2 aromatic carbocycles. The van der Waals surface area contributed by atoms with Crippen molar-refractivity contribution in [3.8, 4) is 5.75 Å². The lowest BCUT2D eigenvalue weighted by molar-refractivity contribution is -0.128. The smallest absolute Gasteiger partial charge is 0.332 e. The molecule has 0 saturated carbocycles. The molecule has 0 unspecified atom stereocenters. The Kier molecular flexibility index (Phi) is 5.00. The summed E-state index contributed by atoms with van der Waals surface area (Å²) in [5.41, 5.74) is 0.658. The first kappa shape index (κ1) is 17.0. The van der Waals surface area contributed by atoms with Gasteiger partial charge >= 0.3 is 6.03 Å². The summed E-state index contributed by atoms with van der Waals surface area (Å²) in [6.07, 6.45) is -0.962. The molecule has 6 nitrogen and oxygen atoms in total. The fourth-order valence-corrected chi connectivity index (χ4v) is 2.79. The molecule has 0 radical (unpaired) electrons. The van der Waals surface area contributed by atoms with Gasteiger partial charge in [0.15, 0.2) is 0 Å². The standard InChI is InChI=1S/C19H20N2O4/c1-14-18(23)20(19(24)21(14)15-8-4-2-5-9-15)12-16(22)13-25-17-10-6-3-7-11-17/h2-11,14,16,22H,12-13H2,1H3/t14-,16+/m1/s1. The van der Waals surface area contributed by atoms with E-state index in [1.807, 2.05) is 36.4 Å². The van der Waals surface area contributed by atoms with Crippen molar-refractivity contribution >= 4 is 17.6 Å². The largest absolute Gasteiger partial charge is 0.491 e. The van der Waals surface area contributed by atoms with Crippen LogP contribution in [0, 0.1) is 0 Å². The number of ether oxygens (including phenoxy) is 1. The molecule has 6 heteroatoms. The molecule has 0 aromatic heterocycles. The van der Waals surface area contributed by atoms with Crippen LogP contribution in [0.1, 0.15) is 6.92 Å². The molecule has 3 amide bonds. The van der Waals surface area contributed by atoms with Gasteiger partial charge in [0.2, 0.25) is 0 Å². The third-order valence-corrected chi connectivity index (χ3v) is 4.06. The molecule has 1 aliphatic rings. The summed E-state index contributed by atoms with van der Waals surface area (Å²) < 4.78 is 5.47. The summed E-state index contributed by atoms with van der Waals surface area (Å²) >= 11 is 0. The fraction of sp³-hybridized carbons (Fsp3) is 0.263. The molecule has 25 heavy (non-hydrogen) atoms. The number of aliphatic hydroxyl groups is 1. The van der Waals surface area contributed by atoms with Crippen molar-refractivity contribution in [3.63, 3.8) is 0 Å². The van der Waals surface area contributed by atoms with Gasteiger partial charge in [-0.1, -0.05) is 36.4 Å². The molecule has 1 fully saturated rings. The van der Waals surface area contributed by atoms with Crippen LogP contribution in [0.15, 0.2) is 60.7 Å². The van der Waals surface area contributed by atoms with Gasteiger partial charge in [0.05, 0.1) is 6.54 Å². The van der Waals surface area contributed by atoms with E-state index >= 15 is 0 Å². The Bertz CT molecular complexity index is 736. The van der Waals surface area contributed by atoms with E-state index in [4.69, 9.17) is 4.74 Å². The quantitative estimate of drug-likeness (QED) is 0.819. The van der Waals surface area contributed by atoms with Crippen LogP contribution in [-0.4, -0.2) is 47.2 Å². The highest BCUT2D eigenvalue weighted by molar-refractivity contribution is 6.14. The summed E-state index contributed by atoms with van der Waals surface area (Å²) in [4.78, 5) is 27.6. The average molecular weight is 340 g/mol. The zero-order valence-electron chi connectivity index (χ0n) is 13.9. The van der Waals surface area contributed by atoms with Crippen LogP contribution >= 0.6 is 0 Å². The molecular weight excluding hydrogens is 320 g/mol. The second-order valence-electron chi connectivity index (χ2n) is 5.89. The van der Waals surface area contributed by atoms with Crippen molar-refractivity contribution in [2.45, 2.75) is 19.1 Å². The Morgan fingerprint density at radius 2 is 1.64 bits per heavy atom. The molecule has 3 rings (SSSR count). The molecule has 0 spiro atoms. The predicted molar refractivity (Wildman–Crippen MR) is 93.4 cm³/mol. The first-order chi connectivity index (χ1) is 12.1. The number of nitrogens with zero attached hydrogens (tertiary/aromatic N) is 2. The Balaban J connectivity index is 1.64. The third-order valence-electron chi connectivity index (χ3n) is 4.06. The minimum Gasteiger partial charge on any atom is -0.491 e. The molecule has 2 atom stereocenters. The van der Waals surface area contributed by atoms with Crippen molar-refractivity contribution in [2.24, 2.45) is 0 Å². The van der Waals surface area contributed by atoms with Crippen LogP contribution in [0.3, 0.4) is 0 Å². The van der Waals surface area contributed by atoms with E-state index in [0.29, 0.717) is 11.4 Å². The molecular formula is C19H20N2O4. The minimum atomic E-state index is -0.962. The molecule has 2 aromatic rings. The maximum absolute atomic E-state index is 12.6. The lowest BCUT2D eigenvalue weighted by atomic mass is 10.2. The first-order valence-electron chi connectivity index (χ1n) is 8.13. The molecule has 1 heterocycles. The van der Waals surface area contributed by atoms with Crippen molar-refractivity contribution in [1.29, 1.82) is 0 Å². The summed E-state index contributed by atoms with van der Waals surface area (Å²) in [5, 5.41) is 10.2. The van der Waals surface area contributed by atoms with Gasteiger partial charge in [-0.05, 0) is 31.2 Å². The van der Waals surface area contributed by atoms with Gasteiger partial charge < -0.3 is 9.84 Å². The lowest BCUT2D eigenvalue weighted by Gasteiger charge is -2.20. The van der Waals surface area contributed by atoms with E-state index in [-0.39, 0.29) is 19.1 Å². The second-order valence-corrected chi connectivity index (χ2v) is 5.89. The Morgan fingerprint density at radius 1 is 1.04 bits per heavy atom. The van der Waals surface area contributed by atoms with Crippen LogP contribution in [-0.2, 0) is 4.79 Å². The van der Waals surface area contributed by atoms with E-state index in [1.165, 1.54) is 4.90 Å². The van der Waals surface area contributed by atoms with Crippen molar-refractivity contribution < 1.29 is 19.4 Å². The monoisotopic (exact) mass is 340 g/mol. The molecule has 1 aliphatic heterocycles. The van der Waals surface area contributed by atoms with Gasteiger partial charge in [-0.2, -0.15) is 0 Å². The number of β-amino-alcohol motifs (C(OH)–C–C–N with tert-alkyl or cyclic N) is 1. The van der Waals surface area contributed by atoms with E-state index in [1.54, 1.807) is 31.2 Å². The number of urea groups is 1. The Hall–Kier alpha value is -2.86. The topological polar surface area (TPSA) is 70.1 Å². The van der Waals surface area contributed by atoms with Crippen LogP contribution in [0.2, 0.25) is 0 Å². The first-order valence-corrected chi connectivity index (χ1v) is 8.13. The van der Waals surface area contributed by atoms with E-state index in [0.717, 1.165) is 4.90 Å². The van der Waals surface area contributed by atoms with Crippen LogP contribution in [0.4, 0.5) is 10.5 Å². The SMILES string of the molecule is C[C@@H]1C(=O)N(C[C@H](O)COc2ccccc2)C(=O)N1c1ccccc1. The molecule has 1 saturated heterocycles. The second kappa shape index (κ2) is 7.36. The molecule has 0 bridgehead atoms. The average Bonchev–Trinajstić information content (AvgIpc) is 2.85. The number of carbonyl (C=O) groups is 2. The van der Waals surface area contributed by atoms with E-state index in [9.17, 15) is 14.7 Å². The highest BCUT2D eigenvalue weighted by atomic mass is 16.5. The minimum absolute atomic E-state index is 0.000785. The van der Waals surface area contributed by atoms with Gasteiger partial charge in [-0.15, -0.1) is 0 Å². The van der Waals surface area contributed by atoms with Gasteiger partial charge in [0, 0.05) is 5.69 Å². The maximum atomic E-state index is 12.6. The summed E-state index contributed by atoms with van der Waals surface area (Å²) in [7, 11) is 0. The Morgan fingerprint density at radius 3 is 2.28 bits per heavy atom. The van der Waals surface area contributed by atoms with Gasteiger partial charge in [0.25, 0.3) is 5.91 Å². The number of benzene rings is 2. The number of imide groups is 1. The maximum Gasteiger partial charge on any atom is 0.332 e. The lowest BCUT2D eigenvalue weighted by Crippen LogP contribution is -2.40. The van der Waals surface area contributed by atoms with Gasteiger partial charge in [0.1, 0.15) is 24.5 Å². The van der Waals surface area contributed by atoms with Crippen LogP contribution in [0.5, 0.6) is 5.75 Å². The van der Waals surface area contributed by atoms with Crippen LogP contribution in [0.25, 0.3) is 0 Å². The zero-order valence-corrected chi connectivity index (χ0v) is 13.9. The normalized spacial score (nSPS) is 18.6. The highest BCUT2D eigenvalue weighted by Crippen LogP contribution is 2.25. The molecule has 1 N–H and O–H groups in total. The van der Waals surface area contributed by atoms with Gasteiger partial charge in [-0.3, -0.25) is 14.6 Å². The molecule has 130 valence electrons. The van der Waals surface area contributed by atoms with Crippen molar-refractivity contribution in [3.05, 3.63) is 60.7 Å². The van der Waals surface area contributed by atoms with Crippen molar-refractivity contribution in [2.75, 3.05) is 18.1 Å². The number of para-hydroxylation sites is 2. The van der Waals surface area contributed by atoms with Crippen molar-refractivity contribution in [1.82, 2.24) is 4.90 Å². The Labute approximate surface area is 146 Å². The highest BCUT2D eigenvalue weighted by Gasteiger charge is 2.43. The summed E-state index contributed by atoms with van der Waals surface area (Å²) in [6, 6.07) is 17.1. The van der Waals surface area contributed by atoms with E-state index < -0.39 is 18.2 Å². The summed E-state index contributed by atoms with van der Waals surface area (Å²) in [6.45, 7) is 1.58. The van der Waals surface area contributed by atoms with E-state index in [2.05, 4.69) is 0 Å². The number of amides is 3. The number of aliphatic hydroxyl groups excluding tert-OH is 1. The zero-order chi connectivity index (χ0) is 17.8. The number of hydrogen-bond donors (Lipinski definition) is 1. The number of carbonyl (C=O) groups excluding carboxylic acids is 2. The molecule has 0 aliphatic carbocycles. The fourth-order valence-electron chi connectivity index (χ4n) is 2.79. The third kappa shape index (κ3) is 3.64.